The maximum absolute atomic E-state index is 11.2. The van der Waals surface area contributed by atoms with Crippen molar-refractivity contribution in [3.63, 3.8) is 0 Å². The van der Waals surface area contributed by atoms with Gasteiger partial charge >= 0.3 is 5.97 Å². The lowest BCUT2D eigenvalue weighted by molar-refractivity contribution is 0.0691. The quantitative estimate of drug-likeness (QED) is 0.775. The van der Waals surface area contributed by atoms with Gasteiger partial charge in [-0.25, -0.2) is 9.48 Å². The van der Waals surface area contributed by atoms with Gasteiger partial charge in [0, 0.05) is 11.8 Å². The fraction of sp³-hybridized carbons (Fsp3) is 0.0769. The van der Waals surface area contributed by atoms with Crippen LogP contribution in [0.15, 0.2) is 47.4 Å². The molecule has 0 aliphatic rings. The molecular formula is C13H10N4O3. The normalized spacial score (nSPS) is 10.6. The number of furan rings is 1. The van der Waals surface area contributed by atoms with E-state index in [1.165, 1.54) is 4.68 Å². The zero-order valence-electron chi connectivity index (χ0n) is 10.3. The van der Waals surface area contributed by atoms with E-state index < -0.39 is 5.97 Å². The van der Waals surface area contributed by atoms with Gasteiger partial charge in [-0.2, -0.15) is 0 Å². The largest absolute Gasteiger partial charge is 0.476 e. The Morgan fingerprint density at radius 3 is 2.90 bits per heavy atom. The molecule has 0 saturated heterocycles. The number of nitrogens with zero attached hydrogens (tertiary/aromatic N) is 4. The minimum absolute atomic E-state index is 0.118. The SMILES string of the molecule is O=C(O)c1nnn(Cc2ccoc2)c1-c1ccccn1. The number of carboxylic acids is 1. The third-order valence-electron chi connectivity index (χ3n) is 2.76. The van der Waals surface area contributed by atoms with E-state index in [1.807, 2.05) is 0 Å². The van der Waals surface area contributed by atoms with Crippen LogP contribution in [0.1, 0.15) is 16.1 Å². The molecule has 7 heteroatoms. The van der Waals surface area contributed by atoms with Crippen LogP contribution in [0.4, 0.5) is 0 Å². The van der Waals surface area contributed by atoms with E-state index >= 15 is 0 Å². The van der Waals surface area contributed by atoms with Gasteiger partial charge in [0.15, 0.2) is 5.69 Å². The van der Waals surface area contributed by atoms with Crippen LogP contribution in [0, 0.1) is 0 Å². The zero-order chi connectivity index (χ0) is 13.9. The maximum Gasteiger partial charge on any atom is 0.358 e. The van der Waals surface area contributed by atoms with Crippen molar-refractivity contribution in [3.8, 4) is 11.4 Å². The molecule has 0 unspecified atom stereocenters. The van der Waals surface area contributed by atoms with Crippen LogP contribution in [0.2, 0.25) is 0 Å². The van der Waals surface area contributed by atoms with Crippen molar-refractivity contribution in [3.05, 3.63) is 54.2 Å². The van der Waals surface area contributed by atoms with Crippen molar-refractivity contribution in [2.45, 2.75) is 6.54 Å². The second-order valence-corrected chi connectivity index (χ2v) is 4.10. The highest BCUT2D eigenvalue weighted by atomic mass is 16.4. The van der Waals surface area contributed by atoms with Crippen LogP contribution >= 0.6 is 0 Å². The second kappa shape index (κ2) is 4.96. The Morgan fingerprint density at radius 2 is 2.25 bits per heavy atom. The lowest BCUT2D eigenvalue weighted by Crippen LogP contribution is -2.06. The molecule has 20 heavy (non-hydrogen) atoms. The predicted octanol–water partition coefficient (Wildman–Crippen LogP) is 1.68. The van der Waals surface area contributed by atoms with Crippen molar-refractivity contribution in [2.75, 3.05) is 0 Å². The van der Waals surface area contributed by atoms with E-state index in [2.05, 4.69) is 15.3 Å². The summed E-state index contributed by atoms with van der Waals surface area (Å²) in [5.41, 5.74) is 1.63. The van der Waals surface area contributed by atoms with Crippen LogP contribution in [0.25, 0.3) is 11.4 Å². The summed E-state index contributed by atoms with van der Waals surface area (Å²) in [7, 11) is 0. The fourth-order valence-electron chi connectivity index (χ4n) is 1.88. The monoisotopic (exact) mass is 270 g/mol. The minimum Gasteiger partial charge on any atom is -0.476 e. The number of pyridine rings is 1. The van der Waals surface area contributed by atoms with Crippen LogP contribution in [-0.2, 0) is 6.54 Å². The van der Waals surface area contributed by atoms with E-state index in [0.717, 1.165) is 5.56 Å². The molecule has 0 spiro atoms. The summed E-state index contributed by atoms with van der Waals surface area (Å²) < 4.78 is 6.49. The van der Waals surface area contributed by atoms with E-state index in [1.54, 1.807) is 43.0 Å². The molecule has 1 N–H and O–H groups in total. The lowest BCUT2D eigenvalue weighted by atomic mass is 10.2. The van der Waals surface area contributed by atoms with Crippen LogP contribution in [0.5, 0.6) is 0 Å². The van der Waals surface area contributed by atoms with E-state index in [0.29, 0.717) is 17.9 Å². The third kappa shape index (κ3) is 2.16. The molecule has 3 heterocycles. The molecule has 0 atom stereocenters. The van der Waals surface area contributed by atoms with Gasteiger partial charge < -0.3 is 9.52 Å². The predicted molar refractivity (Wildman–Crippen MR) is 68.0 cm³/mol. The highest BCUT2D eigenvalue weighted by Crippen LogP contribution is 2.21. The van der Waals surface area contributed by atoms with Gasteiger partial charge in [-0.05, 0) is 18.2 Å². The Balaban J connectivity index is 2.09. The van der Waals surface area contributed by atoms with E-state index in [4.69, 9.17) is 4.42 Å². The van der Waals surface area contributed by atoms with Crippen LogP contribution in [0.3, 0.4) is 0 Å². The lowest BCUT2D eigenvalue weighted by Gasteiger charge is -2.04. The van der Waals surface area contributed by atoms with Gasteiger partial charge in [-0.1, -0.05) is 11.3 Å². The topological polar surface area (TPSA) is 94.0 Å². The van der Waals surface area contributed by atoms with Crippen molar-refractivity contribution < 1.29 is 14.3 Å². The average Bonchev–Trinajstić information content (AvgIpc) is 3.09. The molecule has 0 fully saturated rings. The first-order valence-corrected chi connectivity index (χ1v) is 5.85. The van der Waals surface area contributed by atoms with Crippen LogP contribution < -0.4 is 0 Å². The Labute approximate surface area is 113 Å². The Kier molecular flexibility index (Phi) is 3.00. The highest BCUT2D eigenvalue weighted by Gasteiger charge is 2.21. The molecule has 0 radical (unpaired) electrons. The number of carboxylic acid groups (broad SMARTS) is 1. The van der Waals surface area contributed by atoms with Gasteiger partial charge in [0.2, 0.25) is 0 Å². The number of aromatic carboxylic acids is 1. The minimum atomic E-state index is -1.14. The first-order valence-electron chi connectivity index (χ1n) is 5.85. The molecule has 0 bridgehead atoms. The number of hydrogen-bond donors (Lipinski definition) is 1. The Morgan fingerprint density at radius 1 is 1.35 bits per heavy atom. The van der Waals surface area contributed by atoms with Gasteiger partial charge in [-0.15, -0.1) is 5.10 Å². The van der Waals surface area contributed by atoms with Gasteiger partial charge in [0.25, 0.3) is 0 Å². The molecule has 0 aliphatic heterocycles. The first kappa shape index (κ1) is 12.1. The number of rotatable bonds is 4. The molecule has 3 rings (SSSR count). The smallest absolute Gasteiger partial charge is 0.358 e. The molecule has 0 saturated carbocycles. The Bertz CT molecular complexity index is 719. The molecule has 0 aliphatic carbocycles. The highest BCUT2D eigenvalue weighted by molar-refractivity contribution is 5.92. The summed E-state index contributed by atoms with van der Waals surface area (Å²) >= 11 is 0. The van der Waals surface area contributed by atoms with E-state index in [-0.39, 0.29) is 5.69 Å². The standard InChI is InChI=1S/C13H10N4O3/c18-13(19)11-12(10-3-1-2-5-14-10)17(16-15-11)7-9-4-6-20-8-9/h1-6,8H,7H2,(H,18,19). The number of hydrogen-bond acceptors (Lipinski definition) is 5. The molecule has 100 valence electrons. The van der Waals surface area contributed by atoms with Gasteiger partial charge in [-0.3, -0.25) is 4.98 Å². The van der Waals surface area contributed by atoms with Crippen molar-refractivity contribution >= 4 is 5.97 Å². The van der Waals surface area contributed by atoms with Gasteiger partial charge in [0.05, 0.1) is 24.8 Å². The molecule has 7 nitrogen and oxygen atoms in total. The fourth-order valence-corrected chi connectivity index (χ4v) is 1.88. The van der Waals surface area contributed by atoms with Gasteiger partial charge in [0.1, 0.15) is 5.69 Å². The summed E-state index contributed by atoms with van der Waals surface area (Å²) in [5.74, 6) is -1.14. The zero-order valence-corrected chi connectivity index (χ0v) is 10.3. The molecular weight excluding hydrogens is 260 g/mol. The Hall–Kier alpha value is -2.96. The number of carbonyl (C=O) groups is 1. The summed E-state index contributed by atoms with van der Waals surface area (Å²) in [6.45, 7) is 0.364. The van der Waals surface area contributed by atoms with Crippen molar-refractivity contribution in [1.82, 2.24) is 20.0 Å². The van der Waals surface area contributed by atoms with Crippen molar-refractivity contribution in [2.24, 2.45) is 0 Å². The molecule has 3 aromatic heterocycles. The summed E-state index contributed by atoms with van der Waals surface area (Å²) in [6, 6.07) is 7.04. The first-order chi connectivity index (χ1) is 9.75. The molecule has 3 aromatic rings. The summed E-state index contributed by atoms with van der Waals surface area (Å²) in [6.07, 6.45) is 4.71. The summed E-state index contributed by atoms with van der Waals surface area (Å²) in [5, 5.41) is 16.8. The molecule has 0 aromatic carbocycles. The maximum atomic E-state index is 11.2. The molecule has 0 amide bonds. The summed E-state index contributed by atoms with van der Waals surface area (Å²) in [4.78, 5) is 15.4. The van der Waals surface area contributed by atoms with Crippen molar-refractivity contribution in [1.29, 1.82) is 0 Å². The van der Waals surface area contributed by atoms with E-state index in [9.17, 15) is 9.90 Å². The second-order valence-electron chi connectivity index (χ2n) is 4.10. The number of aromatic nitrogens is 4. The third-order valence-corrected chi connectivity index (χ3v) is 2.76. The van der Waals surface area contributed by atoms with Crippen LogP contribution in [-0.4, -0.2) is 31.1 Å². The average molecular weight is 270 g/mol.